The molecule has 34 heavy (non-hydrogen) atoms. The Morgan fingerprint density at radius 3 is 2.47 bits per heavy atom. The quantitative estimate of drug-likeness (QED) is 0.384. The molecule has 1 aliphatic heterocycles. The van der Waals surface area contributed by atoms with Crippen LogP contribution in [0.1, 0.15) is 11.1 Å². The third-order valence-corrected chi connectivity index (χ3v) is 7.12. The highest BCUT2D eigenvalue weighted by molar-refractivity contribution is 7.13. The van der Waals surface area contributed by atoms with E-state index < -0.39 is 0 Å². The van der Waals surface area contributed by atoms with Crippen LogP contribution in [0.3, 0.4) is 0 Å². The first-order valence-electron chi connectivity index (χ1n) is 11.7. The molecule has 0 aliphatic carbocycles. The number of amides is 2. The number of fused-ring (bicyclic) bond motifs is 1. The minimum atomic E-state index is -0.222. The highest BCUT2D eigenvalue weighted by atomic mass is 32.1. The number of para-hydroxylation sites is 1. The Bertz CT molecular complexity index is 1260. The van der Waals surface area contributed by atoms with Crippen molar-refractivity contribution in [3.05, 3.63) is 83.9 Å². The Morgan fingerprint density at radius 2 is 1.65 bits per heavy atom. The van der Waals surface area contributed by atoms with E-state index in [9.17, 15) is 4.79 Å². The van der Waals surface area contributed by atoms with E-state index in [0.717, 1.165) is 67.5 Å². The van der Waals surface area contributed by atoms with E-state index in [2.05, 4.69) is 50.8 Å². The molecule has 1 saturated heterocycles. The van der Waals surface area contributed by atoms with E-state index >= 15 is 0 Å². The molecule has 1 fully saturated rings. The van der Waals surface area contributed by atoms with Crippen molar-refractivity contribution in [3.63, 3.8) is 0 Å². The summed E-state index contributed by atoms with van der Waals surface area (Å²) >= 11 is 1.58. The number of hydrogen-bond acceptors (Lipinski definition) is 5. The normalized spacial score (nSPS) is 14.3. The number of carbonyl (C=O) groups excluding carboxylic acids is 1. The van der Waals surface area contributed by atoms with Crippen LogP contribution in [0.5, 0.6) is 0 Å². The van der Waals surface area contributed by atoms with Crippen LogP contribution in [0.15, 0.2) is 72.8 Å². The number of piperazine rings is 1. The zero-order valence-corrected chi connectivity index (χ0v) is 20.1. The first-order chi connectivity index (χ1) is 16.7. The van der Waals surface area contributed by atoms with Crippen LogP contribution in [0.2, 0.25) is 0 Å². The third-order valence-electron chi connectivity index (χ3n) is 6.30. The number of nitrogens with zero attached hydrogens (tertiary/aromatic N) is 3. The molecule has 0 atom stereocenters. The summed E-state index contributed by atoms with van der Waals surface area (Å²) in [6, 6.07) is 24.1. The van der Waals surface area contributed by atoms with Gasteiger partial charge in [-0.15, -0.1) is 0 Å². The van der Waals surface area contributed by atoms with Gasteiger partial charge in [0.2, 0.25) is 0 Å². The Labute approximate surface area is 204 Å². The van der Waals surface area contributed by atoms with Crippen molar-refractivity contribution in [2.45, 2.75) is 13.3 Å². The van der Waals surface area contributed by atoms with Crippen LogP contribution < -0.4 is 15.5 Å². The summed E-state index contributed by atoms with van der Waals surface area (Å²) in [7, 11) is 0. The van der Waals surface area contributed by atoms with Crippen molar-refractivity contribution >= 4 is 44.8 Å². The molecule has 174 valence electrons. The lowest BCUT2D eigenvalue weighted by atomic mass is 10.1. The van der Waals surface area contributed by atoms with Crippen LogP contribution in [-0.2, 0) is 6.42 Å². The van der Waals surface area contributed by atoms with Crippen LogP contribution in [0.4, 0.5) is 22.0 Å². The van der Waals surface area contributed by atoms with E-state index in [0.29, 0.717) is 0 Å². The summed E-state index contributed by atoms with van der Waals surface area (Å²) in [5.41, 5.74) is 3.96. The van der Waals surface area contributed by atoms with Gasteiger partial charge in [0.1, 0.15) is 5.82 Å². The minimum Gasteiger partial charge on any atom is -0.353 e. The molecular formula is C27H29N5OS. The summed E-state index contributed by atoms with van der Waals surface area (Å²) in [6.07, 6.45) is 0.890. The van der Waals surface area contributed by atoms with E-state index in [-0.39, 0.29) is 6.03 Å². The highest BCUT2D eigenvalue weighted by Gasteiger charge is 2.20. The number of benzene rings is 3. The molecule has 2 amide bonds. The van der Waals surface area contributed by atoms with Crippen molar-refractivity contribution in [2.24, 2.45) is 0 Å². The predicted molar refractivity (Wildman–Crippen MR) is 142 cm³/mol. The van der Waals surface area contributed by atoms with E-state index in [4.69, 9.17) is 4.37 Å². The largest absolute Gasteiger partial charge is 0.353 e. The zero-order valence-electron chi connectivity index (χ0n) is 19.3. The Kier molecular flexibility index (Phi) is 6.74. The number of hydrogen-bond donors (Lipinski definition) is 2. The maximum absolute atomic E-state index is 12.5. The van der Waals surface area contributed by atoms with Gasteiger partial charge in [-0.3, -0.25) is 4.90 Å². The molecule has 5 rings (SSSR count). The van der Waals surface area contributed by atoms with Gasteiger partial charge >= 0.3 is 6.03 Å². The fourth-order valence-corrected chi connectivity index (χ4v) is 5.14. The van der Waals surface area contributed by atoms with Crippen LogP contribution in [0.25, 0.3) is 10.1 Å². The predicted octanol–water partition coefficient (Wildman–Crippen LogP) is 5.61. The van der Waals surface area contributed by atoms with Crippen molar-refractivity contribution in [2.75, 3.05) is 48.3 Å². The standard InChI is InChI=1S/C27H29N5OS/c1-20-10-12-22(13-11-20)28-27(33)29-24-8-4-2-6-21(24)14-15-31-16-18-32(19-17-31)26-23-7-3-5-9-25(23)34-30-26/h2-13H,14-19H2,1H3,(H2,28,29,33). The van der Waals surface area contributed by atoms with E-state index in [1.54, 1.807) is 11.5 Å². The molecule has 0 spiro atoms. The molecule has 0 bridgehead atoms. The number of carbonyl (C=O) groups is 1. The lowest BCUT2D eigenvalue weighted by molar-refractivity contribution is 0.260. The summed E-state index contributed by atoms with van der Waals surface area (Å²) in [4.78, 5) is 17.4. The smallest absolute Gasteiger partial charge is 0.323 e. The van der Waals surface area contributed by atoms with Gasteiger partial charge in [0.05, 0.1) is 4.70 Å². The van der Waals surface area contributed by atoms with Gasteiger partial charge in [-0.1, -0.05) is 48.0 Å². The first kappa shape index (κ1) is 22.4. The van der Waals surface area contributed by atoms with Crippen molar-refractivity contribution in [3.8, 4) is 0 Å². The van der Waals surface area contributed by atoms with Crippen molar-refractivity contribution in [1.29, 1.82) is 0 Å². The Morgan fingerprint density at radius 1 is 0.912 bits per heavy atom. The Balaban J connectivity index is 1.15. The number of urea groups is 1. The number of anilines is 3. The summed E-state index contributed by atoms with van der Waals surface area (Å²) < 4.78 is 5.96. The third kappa shape index (κ3) is 5.21. The molecule has 3 aromatic carbocycles. The molecule has 0 saturated carbocycles. The van der Waals surface area contributed by atoms with Crippen LogP contribution >= 0.6 is 11.5 Å². The molecule has 2 heterocycles. The number of aromatic nitrogens is 1. The molecular weight excluding hydrogens is 442 g/mol. The summed E-state index contributed by atoms with van der Waals surface area (Å²) in [6.45, 7) is 6.97. The average Bonchev–Trinajstić information content (AvgIpc) is 3.29. The first-order valence-corrected chi connectivity index (χ1v) is 12.5. The van der Waals surface area contributed by atoms with Gasteiger partial charge in [-0.05, 0) is 60.8 Å². The van der Waals surface area contributed by atoms with Gasteiger partial charge in [0, 0.05) is 49.5 Å². The van der Waals surface area contributed by atoms with Crippen molar-refractivity contribution in [1.82, 2.24) is 9.27 Å². The average molecular weight is 472 g/mol. The minimum absolute atomic E-state index is 0.222. The molecule has 2 N–H and O–H groups in total. The lowest BCUT2D eigenvalue weighted by Gasteiger charge is -2.35. The van der Waals surface area contributed by atoms with Gasteiger partial charge in [0.25, 0.3) is 0 Å². The van der Waals surface area contributed by atoms with E-state index in [1.807, 2.05) is 49.4 Å². The second-order valence-corrected chi connectivity index (χ2v) is 9.49. The zero-order chi connectivity index (χ0) is 23.3. The molecule has 1 aliphatic rings. The SMILES string of the molecule is Cc1ccc(NC(=O)Nc2ccccc2CCN2CCN(c3nsc4ccccc34)CC2)cc1. The number of aryl methyl sites for hydroxylation is 1. The second kappa shape index (κ2) is 10.2. The maximum Gasteiger partial charge on any atom is 0.323 e. The van der Waals surface area contributed by atoms with Crippen LogP contribution in [0, 0.1) is 6.92 Å². The topological polar surface area (TPSA) is 60.5 Å². The monoisotopic (exact) mass is 471 g/mol. The highest BCUT2D eigenvalue weighted by Crippen LogP contribution is 2.30. The molecule has 0 radical (unpaired) electrons. The molecule has 0 unspecified atom stereocenters. The van der Waals surface area contributed by atoms with Gasteiger partial charge in [-0.2, -0.15) is 4.37 Å². The van der Waals surface area contributed by atoms with Gasteiger partial charge in [0.15, 0.2) is 0 Å². The second-order valence-electron chi connectivity index (χ2n) is 8.68. The van der Waals surface area contributed by atoms with E-state index in [1.165, 1.54) is 10.1 Å². The molecule has 1 aromatic heterocycles. The van der Waals surface area contributed by atoms with Gasteiger partial charge in [-0.25, -0.2) is 4.79 Å². The van der Waals surface area contributed by atoms with Gasteiger partial charge < -0.3 is 15.5 Å². The Hall–Kier alpha value is -3.42. The summed E-state index contributed by atoms with van der Waals surface area (Å²) in [5.74, 6) is 1.12. The fraction of sp³-hybridized carbons (Fsp3) is 0.259. The molecule has 6 nitrogen and oxygen atoms in total. The molecule has 7 heteroatoms. The fourth-order valence-electron chi connectivity index (χ4n) is 4.34. The van der Waals surface area contributed by atoms with Crippen LogP contribution in [-0.4, -0.2) is 48.0 Å². The lowest BCUT2D eigenvalue weighted by Crippen LogP contribution is -2.47. The molecule has 4 aromatic rings. The maximum atomic E-state index is 12.5. The number of rotatable bonds is 6. The van der Waals surface area contributed by atoms with Crippen molar-refractivity contribution < 1.29 is 4.79 Å². The summed E-state index contributed by atoms with van der Waals surface area (Å²) in [5, 5.41) is 7.18. The number of nitrogens with one attached hydrogen (secondary N) is 2.